The third kappa shape index (κ3) is 4.66. The summed E-state index contributed by atoms with van der Waals surface area (Å²) in [5.74, 6) is -0.0151. The second kappa shape index (κ2) is 7.46. The molecule has 0 radical (unpaired) electrons. The van der Waals surface area contributed by atoms with E-state index in [1.54, 1.807) is 18.2 Å². The molecule has 0 saturated carbocycles. The van der Waals surface area contributed by atoms with E-state index in [4.69, 9.17) is 0 Å². The molecule has 2 aliphatic heterocycles. The predicted octanol–water partition coefficient (Wildman–Crippen LogP) is 2.89. The van der Waals surface area contributed by atoms with Crippen LogP contribution in [0.3, 0.4) is 0 Å². The van der Waals surface area contributed by atoms with Gasteiger partial charge >= 0.3 is 0 Å². The molecule has 1 aromatic heterocycles. The van der Waals surface area contributed by atoms with Crippen LogP contribution in [0.1, 0.15) is 28.9 Å². The maximum absolute atomic E-state index is 12.5. The van der Waals surface area contributed by atoms with Gasteiger partial charge in [-0.2, -0.15) is 0 Å². The topological polar surface area (TPSA) is 87.3 Å². The normalized spacial score (nSPS) is 24.1. The molecule has 3 N–H and O–H groups in total. The van der Waals surface area contributed by atoms with Crippen LogP contribution in [0.2, 0.25) is 0 Å². The number of benzene rings is 1. The second-order valence-electron chi connectivity index (χ2n) is 6.99. The number of hydrogen-bond acceptors (Lipinski definition) is 6. The summed E-state index contributed by atoms with van der Waals surface area (Å²) in [5, 5.41) is 6.69. The Kier molecular flexibility index (Phi) is 5.19. The van der Waals surface area contributed by atoms with Gasteiger partial charge in [-0.15, -0.1) is 11.3 Å². The number of carbonyl (C=O) groups excluding carboxylic acids is 1. The summed E-state index contributed by atoms with van der Waals surface area (Å²) in [7, 11) is -3.30. The van der Waals surface area contributed by atoms with Crippen molar-refractivity contribution >= 4 is 44.7 Å². The Hall–Kier alpha value is -1.55. The van der Waals surface area contributed by atoms with Gasteiger partial charge in [-0.3, -0.25) is 9.52 Å². The fraction of sp³-hybridized carbons (Fsp3) is 0.389. The van der Waals surface area contributed by atoms with Gasteiger partial charge in [-0.25, -0.2) is 8.42 Å². The van der Waals surface area contributed by atoms with E-state index in [9.17, 15) is 13.2 Å². The highest BCUT2D eigenvalue weighted by Crippen LogP contribution is 2.35. The summed E-state index contributed by atoms with van der Waals surface area (Å²) < 4.78 is 26.2. The average Bonchev–Trinajstić information content (AvgIpc) is 3.30. The van der Waals surface area contributed by atoms with E-state index in [1.807, 2.05) is 18.2 Å². The van der Waals surface area contributed by atoms with E-state index >= 15 is 0 Å². The molecule has 27 heavy (non-hydrogen) atoms. The van der Waals surface area contributed by atoms with Crippen molar-refractivity contribution in [1.29, 1.82) is 0 Å². The Morgan fingerprint density at radius 1 is 1.26 bits per heavy atom. The van der Waals surface area contributed by atoms with Crippen LogP contribution in [0, 0.1) is 0 Å². The molecule has 6 nitrogen and oxygen atoms in total. The highest BCUT2D eigenvalue weighted by molar-refractivity contribution is 8.01. The number of fused-ring (bicyclic) bond motifs is 2. The van der Waals surface area contributed by atoms with Gasteiger partial charge in [0.25, 0.3) is 5.91 Å². The minimum absolute atomic E-state index is 0.0151. The number of thiophene rings is 1. The van der Waals surface area contributed by atoms with Crippen LogP contribution < -0.4 is 15.4 Å². The molecule has 1 aromatic carbocycles. The number of carbonyl (C=O) groups is 1. The summed E-state index contributed by atoms with van der Waals surface area (Å²) in [6, 6.07) is 12.2. The Labute approximate surface area is 167 Å². The van der Waals surface area contributed by atoms with E-state index in [0.29, 0.717) is 22.6 Å². The number of amides is 1. The van der Waals surface area contributed by atoms with Crippen LogP contribution >= 0.6 is 23.1 Å². The molecule has 2 aromatic rings. The lowest BCUT2D eigenvalue weighted by atomic mass is 9.95. The fourth-order valence-electron chi connectivity index (χ4n) is 3.67. The zero-order valence-electron chi connectivity index (χ0n) is 14.8. The van der Waals surface area contributed by atoms with Gasteiger partial charge in [-0.1, -0.05) is 17.8 Å². The zero-order valence-corrected chi connectivity index (χ0v) is 17.2. The first-order chi connectivity index (χ1) is 12.9. The average molecular weight is 424 g/mol. The molecule has 2 saturated heterocycles. The van der Waals surface area contributed by atoms with Crippen molar-refractivity contribution in [2.24, 2.45) is 0 Å². The van der Waals surface area contributed by atoms with Gasteiger partial charge in [0.2, 0.25) is 10.0 Å². The van der Waals surface area contributed by atoms with E-state index in [-0.39, 0.29) is 11.9 Å². The van der Waals surface area contributed by atoms with E-state index in [1.165, 1.54) is 29.5 Å². The van der Waals surface area contributed by atoms with Crippen LogP contribution in [-0.2, 0) is 10.0 Å². The number of sulfonamides is 1. The first kappa shape index (κ1) is 18.8. The van der Waals surface area contributed by atoms with Crippen LogP contribution in [-0.4, -0.2) is 38.7 Å². The minimum atomic E-state index is -3.30. The first-order valence-electron chi connectivity index (χ1n) is 8.78. The minimum Gasteiger partial charge on any atom is -0.347 e. The highest BCUT2D eigenvalue weighted by Gasteiger charge is 2.39. The lowest BCUT2D eigenvalue weighted by molar-refractivity contribution is 0.0935. The molecule has 0 unspecified atom stereocenters. The molecular formula is C18H21N3O3S3. The molecule has 2 bridgehead atoms. The molecule has 3 heterocycles. The molecule has 144 valence electrons. The quantitative estimate of drug-likeness (QED) is 0.665. The van der Waals surface area contributed by atoms with Gasteiger partial charge < -0.3 is 10.6 Å². The van der Waals surface area contributed by atoms with Crippen LogP contribution in [0.5, 0.6) is 0 Å². The van der Waals surface area contributed by atoms with Crippen LogP contribution in [0.25, 0.3) is 0 Å². The SMILES string of the molecule is CS(=O)(=O)Nc1cccc(Sc2ccc(C(=O)N[C@@H]3C[C@H]4CC[C@@H]3N4)s2)c1. The smallest absolute Gasteiger partial charge is 0.261 e. The Morgan fingerprint density at radius 3 is 2.81 bits per heavy atom. The van der Waals surface area contributed by atoms with Crippen molar-refractivity contribution in [2.45, 2.75) is 46.5 Å². The fourth-order valence-corrected chi connectivity index (χ4v) is 6.29. The molecule has 4 rings (SSSR count). The van der Waals surface area contributed by atoms with E-state index in [0.717, 1.165) is 28.2 Å². The van der Waals surface area contributed by atoms with Gasteiger partial charge in [0.15, 0.2) is 0 Å². The monoisotopic (exact) mass is 423 g/mol. The van der Waals surface area contributed by atoms with E-state index in [2.05, 4.69) is 15.4 Å². The maximum Gasteiger partial charge on any atom is 0.261 e. The predicted molar refractivity (Wildman–Crippen MR) is 109 cm³/mol. The van der Waals surface area contributed by atoms with Gasteiger partial charge in [0, 0.05) is 28.7 Å². The lowest BCUT2D eigenvalue weighted by Gasteiger charge is -2.20. The third-order valence-electron chi connectivity index (χ3n) is 4.78. The zero-order chi connectivity index (χ0) is 19.0. The number of hydrogen-bond donors (Lipinski definition) is 3. The van der Waals surface area contributed by atoms with Crippen LogP contribution in [0.4, 0.5) is 5.69 Å². The number of nitrogens with one attached hydrogen (secondary N) is 3. The maximum atomic E-state index is 12.5. The highest BCUT2D eigenvalue weighted by atomic mass is 32.2. The molecule has 2 fully saturated rings. The van der Waals surface area contributed by atoms with Crippen molar-refractivity contribution in [2.75, 3.05) is 11.0 Å². The molecule has 0 spiro atoms. The standard InChI is InChI=1S/C18H21N3O3S3/c1-27(23,24)21-12-3-2-4-13(9-12)25-17-8-7-16(26-17)18(22)20-15-10-11-5-6-14(15)19-11/h2-4,7-9,11,14-15,19,21H,5-6,10H2,1H3,(H,20,22)/t11-,14+,15-/m1/s1. The Balaban J connectivity index is 1.39. The summed E-state index contributed by atoms with van der Waals surface area (Å²) in [6.45, 7) is 0. The molecule has 3 atom stereocenters. The molecular weight excluding hydrogens is 402 g/mol. The van der Waals surface area contributed by atoms with Crippen molar-refractivity contribution < 1.29 is 13.2 Å². The molecule has 2 aliphatic rings. The summed E-state index contributed by atoms with van der Waals surface area (Å²) >= 11 is 2.96. The molecule has 1 amide bonds. The molecule has 9 heteroatoms. The Bertz CT molecular complexity index is 958. The Morgan fingerprint density at radius 2 is 2.11 bits per heavy atom. The molecule has 0 aliphatic carbocycles. The lowest BCUT2D eigenvalue weighted by Crippen LogP contribution is -2.42. The second-order valence-corrected chi connectivity index (χ2v) is 11.2. The van der Waals surface area contributed by atoms with Crippen LogP contribution in [0.15, 0.2) is 45.5 Å². The van der Waals surface area contributed by atoms with Gasteiger partial charge in [-0.05, 0) is 49.6 Å². The van der Waals surface area contributed by atoms with Crippen molar-refractivity contribution in [3.63, 3.8) is 0 Å². The summed E-state index contributed by atoms with van der Waals surface area (Å²) in [5.41, 5.74) is 0.529. The van der Waals surface area contributed by atoms with Crippen molar-refractivity contribution in [3.8, 4) is 0 Å². The van der Waals surface area contributed by atoms with E-state index < -0.39 is 10.0 Å². The van der Waals surface area contributed by atoms with Gasteiger partial charge in [0.05, 0.1) is 15.3 Å². The number of rotatable bonds is 6. The number of anilines is 1. The van der Waals surface area contributed by atoms with Crippen molar-refractivity contribution in [3.05, 3.63) is 41.3 Å². The third-order valence-corrected chi connectivity index (χ3v) is 7.59. The summed E-state index contributed by atoms with van der Waals surface area (Å²) in [4.78, 5) is 14.2. The first-order valence-corrected chi connectivity index (χ1v) is 12.3. The largest absolute Gasteiger partial charge is 0.347 e. The summed E-state index contributed by atoms with van der Waals surface area (Å²) in [6.07, 6.45) is 4.50. The van der Waals surface area contributed by atoms with Gasteiger partial charge in [0.1, 0.15) is 0 Å². The van der Waals surface area contributed by atoms with Crippen molar-refractivity contribution in [1.82, 2.24) is 10.6 Å².